The van der Waals surface area contributed by atoms with Crippen LogP contribution in [0.5, 0.6) is 5.75 Å². The third-order valence-corrected chi connectivity index (χ3v) is 8.97. The van der Waals surface area contributed by atoms with Crippen LogP contribution in [-0.4, -0.2) is 94.1 Å². The Morgan fingerprint density at radius 1 is 1.00 bits per heavy atom. The second-order valence-electron chi connectivity index (χ2n) is 12.5. The fourth-order valence-electron chi connectivity index (χ4n) is 6.68. The van der Waals surface area contributed by atoms with E-state index in [1.54, 1.807) is 51.1 Å². The van der Waals surface area contributed by atoms with E-state index in [9.17, 15) is 19.5 Å². The molecular weight excluding hydrogens is 580 g/mol. The van der Waals surface area contributed by atoms with Crippen LogP contribution in [-0.2, 0) is 27.3 Å². The zero-order valence-corrected chi connectivity index (χ0v) is 26.7. The molecule has 2 fully saturated rings. The third kappa shape index (κ3) is 6.12. The van der Waals surface area contributed by atoms with Crippen LogP contribution in [0.3, 0.4) is 0 Å². The van der Waals surface area contributed by atoms with E-state index in [0.717, 1.165) is 33.4 Å². The van der Waals surface area contributed by atoms with Crippen LogP contribution in [0.4, 0.5) is 5.82 Å². The predicted octanol–water partition coefficient (Wildman–Crippen LogP) is 4.00. The minimum absolute atomic E-state index is 0.0132. The first-order chi connectivity index (χ1) is 22.1. The first-order valence-corrected chi connectivity index (χ1v) is 15.6. The lowest BCUT2D eigenvalue weighted by Crippen LogP contribution is -2.75. The number of fused-ring (bicyclic) bond motifs is 2. The number of para-hydroxylation sites is 1. The highest BCUT2D eigenvalue weighted by molar-refractivity contribution is 5.92. The monoisotopic (exact) mass is 620 g/mol. The van der Waals surface area contributed by atoms with Crippen LogP contribution in [0.15, 0.2) is 84.9 Å². The van der Waals surface area contributed by atoms with Gasteiger partial charge in [0.1, 0.15) is 23.8 Å². The summed E-state index contributed by atoms with van der Waals surface area (Å²) in [4.78, 5) is 52.4. The largest absolute Gasteiger partial charge is 0.508 e. The van der Waals surface area contributed by atoms with Crippen molar-refractivity contribution in [3.8, 4) is 5.75 Å². The van der Waals surface area contributed by atoms with E-state index >= 15 is 0 Å². The molecule has 1 unspecified atom stereocenters. The normalized spacial score (nSPS) is 19.3. The Bertz CT molecular complexity index is 1740. The zero-order chi connectivity index (χ0) is 32.5. The molecule has 0 saturated carbocycles. The molecule has 3 amide bonds. The number of hydrogen-bond donors (Lipinski definition) is 1. The summed E-state index contributed by atoms with van der Waals surface area (Å²) in [6, 6.07) is 25.7. The quantitative estimate of drug-likeness (QED) is 0.318. The Kier molecular flexibility index (Phi) is 8.64. The Balaban J connectivity index is 1.37. The Labute approximate surface area is 269 Å². The van der Waals surface area contributed by atoms with E-state index in [0.29, 0.717) is 0 Å². The standard InChI is InChI=1S/C36H40N6O4/c1-24(26-10-6-5-7-11-26)18-33(44)42-32-22-40(21-28-20-27-12-8-9-13-30(27)37-35(28)38(2)3)36(46)31(41(32)34(45)23-39(42)4)19-25-14-16-29(43)17-15-25/h5-17,20,24,31-32,43H,18-19,21-23H2,1-4H3/t24-,31+,32?/m1/s1. The van der Waals surface area contributed by atoms with Gasteiger partial charge in [-0.15, -0.1) is 0 Å². The number of aromatic nitrogens is 1. The van der Waals surface area contributed by atoms with Gasteiger partial charge in [-0.25, -0.2) is 9.99 Å². The first-order valence-electron chi connectivity index (χ1n) is 15.6. The number of hydrogen-bond acceptors (Lipinski definition) is 7. The molecule has 4 aromatic rings. The average molecular weight is 621 g/mol. The number of carbonyl (C=O) groups excluding carboxylic acids is 3. The molecule has 1 N–H and O–H groups in total. The van der Waals surface area contributed by atoms with Crippen molar-refractivity contribution in [3.63, 3.8) is 0 Å². The van der Waals surface area contributed by atoms with Crippen molar-refractivity contribution >= 4 is 34.4 Å². The molecule has 0 aliphatic carbocycles. The molecule has 6 rings (SSSR count). The summed E-state index contributed by atoms with van der Waals surface area (Å²) in [5.41, 5.74) is 3.61. The molecule has 3 heterocycles. The van der Waals surface area contributed by atoms with Crippen molar-refractivity contribution in [2.24, 2.45) is 0 Å². The van der Waals surface area contributed by atoms with Crippen LogP contribution in [0.25, 0.3) is 10.9 Å². The van der Waals surface area contributed by atoms with Crippen LogP contribution in [0, 0.1) is 0 Å². The highest BCUT2D eigenvalue weighted by Crippen LogP contribution is 2.32. The number of anilines is 1. The third-order valence-electron chi connectivity index (χ3n) is 8.97. The Morgan fingerprint density at radius 3 is 2.41 bits per heavy atom. The van der Waals surface area contributed by atoms with Crippen LogP contribution < -0.4 is 4.90 Å². The number of aromatic hydroxyl groups is 1. The molecular formula is C36H40N6O4. The maximum absolute atomic E-state index is 14.4. The SMILES string of the molecule is C[C@H](CC(=O)N1C2CN(Cc3cc4ccccc4nc3N(C)C)C(=O)[C@H](Cc3ccc(O)cc3)N2C(=O)CN1C)c1ccccc1. The lowest BCUT2D eigenvalue weighted by atomic mass is 9.96. The van der Waals surface area contributed by atoms with Crippen molar-refractivity contribution in [1.29, 1.82) is 0 Å². The average Bonchev–Trinajstić information content (AvgIpc) is 3.03. The number of phenols is 1. The first kappa shape index (κ1) is 31.0. The summed E-state index contributed by atoms with van der Waals surface area (Å²) in [6.45, 7) is 2.44. The minimum atomic E-state index is -0.831. The van der Waals surface area contributed by atoms with E-state index in [4.69, 9.17) is 4.98 Å². The summed E-state index contributed by atoms with van der Waals surface area (Å²) in [5, 5.41) is 14.2. The molecule has 3 atom stereocenters. The van der Waals surface area contributed by atoms with Gasteiger partial charge in [0.25, 0.3) is 0 Å². The maximum Gasteiger partial charge on any atom is 0.246 e. The van der Waals surface area contributed by atoms with Gasteiger partial charge < -0.3 is 19.8 Å². The molecule has 2 saturated heterocycles. The number of benzene rings is 3. The van der Waals surface area contributed by atoms with Crippen molar-refractivity contribution in [2.45, 2.75) is 44.4 Å². The second kappa shape index (κ2) is 12.8. The van der Waals surface area contributed by atoms with Crippen LogP contribution >= 0.6 is 0 Å². The van der Waals surface area contributed by atoms with E-state index in [2.05, 4.69) is 6.07 Å². The number of carbonyl (C=O) groups is 3. The number of amides is 3. The van der Waals surface area contributed by atoms with Gasteiger partial charge in [-0.2, -0.15) is 0 Å². The zero-order valence-electron chi connectivity index (χ0n) is 26.7. The van der Waals surface area contributed by atoms with Gasteiger partial charge in [-0.3, -0.25) is 19.4 Å². The Morgan fingerprint density at radius 2 is 1.70 bits per heavy atom. The Hall–Kier alpha value is -4.96. The number of pyridine rings is 1. The molecule has 1 aromatic heterocycles. The van der Waals surface area contributed by atoms with Gasteiger partial charge in [-0.1, -0.05) is 67.6 Å². The molecule has 3 aromatic carbocycles. The molecule has 0 bridgehead atoms. The van der Waals surface area contributed by atoms with Gasteiger partial charge >= 0.3 is 0 Å². The summed E-state index contributed by atoms with van der Waals surface area (Å²) >= 11 is 0. The van der Waals surface area contributed by atoms with Crippen molar-refractivity contribution in [1.82, 2.24) is 24.8 Å². The van der Waals surface area contributed by atoms with Crippen molar-refractivity contribution in [2.75, 3.05) is 39.1 Å². The number of piperazine rings is 1. The summed E-state index contributed by atoms with van der Waals surface area (Å²) in [7, 11) is 5.61. The van der Waals surface area contributed by atoms with Gasteiger partial charge in [0, 0.05) is 51.5 Å². The highest BCUT2D eigenvalue weighted by Gasteiger charge is 2.50. The maximum atomic E-state index is 14.4. The van der Waals surface area contributed by atoms with Crippen molar-refractivity contribution in [3.05, 3.63) is 102 Å². The summed E-state index contributed by atoms with van der Waals surface area (Å²) < 4.78 is 0. The lowest BCUT2D eigenvalue weighted by Gasteiger charge is -2.55. The highest BCUT2D eigenvalue weighted by atomic mass is 16.3. The number of nitrogens with zero attached hydrogens (tertiary/aromatic N) is 6. The molecule has 10 heteroatoms. The molecule has 0 spiro atoms. The van der Waals surface area contributed by atoms with Crippen LogP contribution in [0.1, 0.15) is 36.0 Å². The minimum Gasteiger partial charge on any atom is -0.508 e. The molecule has 238 valence electrons. The topological polar surface area (TPSA) is 101 Å². The fourth-order valence-corrected chi connectivity index (χ4v) is 6.68. The summed E-state index contributed by atoms with van der Waals surface area (Å²) in [6.07, 6.45) is -0.179. The molecule has 2 aliphatic rings. The number of rotatable bonds is 8. The fraction of sp³-hybridized carbons (Fsp3) is 0.333. The van der Waals surface area contributed by atoms with Gasteiger partial charge in [-0.05, 0) is 41.3 Å². The molecule has 0 radical (unpaired) electrons. The van der Waals surface area contributed by atoms with Crippen LogP contribution in [0.2, 0.25) is 0 Å². The van der Waals surface area contributed by atoms with E-state index in [-0.39, 0.29) is 61.9 Å². The van der Waals surface area contributed by atoms with Gasteiger partial charge in [0.2, 0.25) is 17.7 Å². The molecule has 10 nitrogen and oxygen atoms in total. The number of hydrazine groups is 1. The van der Waals surface area contributed by atoms with Gasteiger partial charge in [0.15, 0.2) is 0 Å². The van der Waals surface area contributed by atoms with E-state index in [1.165, 1.54) is 0 Å². The second-order valence-corrected chi connectivity index (χ2v) is 12.5. The smallest absolute Gasteiger partial charge is 0.246 e. The van der Waals surface area contributed by atoms with Gasteiger partial charge in [0.05, 0.1) is 18.6 Å². The van der Waals surface area contributed by atoms with E-state index < -0.39 is 12.2 Å². The predicted molar refractivity (Wildman–Crippen MR) is 177 cm³/mol. The number of likely N-dealkylation sites (N-methyl/N-ethyl adjacent to an activating group) is 1. The molecule has 2 aliphatic heterocycles. The van der Waals surface area contributed by atoms with E-state index in [1.807, 2.05) is 80.5 Å². The van der Waals surface area contributed by atoms with Crippen molar-refractivity contribution < 1.29 is 19.5 Å². The lowest BCUT2D eigenvalue weighted by molar-refractivity contribution is -0.203. The molecule has 46 heavy (non-hydrogen) atoms. The summed E-state index contributed by atoms with van der Waals surface area (Å²) in [5.74, 6) is 0.341. The number of phenolic OH excluding ortho intramolecular Hbond substituents is 1.